The Labute approximate surface area is 160 Å². The SMILES string of the molecule is O=C(O)COn1c(-c2ccccc2)nc2ccc(C(=O)c3ccccc3)cc21. The Kier molecular flexibility index (Phi) is 4.60. The highest BCUT2D eigenvalue weighted by molar-refractivity contribution is 6.10. The van der Waals surface area contributed by atoms with E-state index >= 15 is 0 Å². The van der Waals surface area contributed by atoms with Crippen LogP contribution in [0.4, 0.5) is 0 Å². The first-order chi connectivity index (χ1) is 13.6. The van der Waals surface area contributed by atoms with Crippen LogP contribution in [-0.4, -0.2) is 33.2 Å². The second-order valence-corrected chi connectivity index (χ2v) is 6.16. The average molecular weight is 372 g/mol. The third-order valence-electron chi connectivity index (χ3n) is 4.26. The van der Waals surface area contributed by atoms with Gasteiger partial charge in [0.05, 0.1) is 5.52 Å². The van der Waals surface area contributed by atoms with Crippen molar-refractivity contribution in [2.24, 2.45) is 0 Å². The average Bonchev–Trinajstić information content (AvgIpc) is 3.10. The van der Waals surface area contributed by atoms with Gasteiger partial charge in [-0.25, -0.2) is 9.78 Å². The van der Waals surface area contributed by atoms with Gasteiger partial charge in [-0.1, -0.05) is 60.7 Å². The number of aromatic nitrogens is 2. The van der Waals surface area contributed by atoms with E-state index < -0.39 is 12.6 Å². The van der Waals surface area contributed by atoms with Gasteiger partial charge in [-0.2, -0.15) is 4.73 Å². The van der Waals surface area contributed by atoms with Gasteiger partial charge in [-0.3, -0.25) is 4.79 Å². The van der Waals surface area contributed by atoms with Gasteiger partial charge in [-0.15, -0.1) is 0 Å². The molecule has 0 amide bonds. The minimum Gasteiger partial charge on any atom is -0.479 e. The molecular weight excluding hydrogens is 356 g/mol. The molecule has 0 spiro atoms. The molecule has 28 heavy (non-hydrogen) atoms. The highest BCUT2D eigenvalue weighted by atomic mass is 16.7. The molecule has 0 aliphatic rings. The van der Waals surface area contributed by atoms with E-state index in [4.69, 9.17) is 9.94 Å². The summed E-state index contributed by atoms with van der Waals surface area (Å²) in [6.07, 6.45) is 0. The molecule has 0 bridgehead atoms. The predicted molar refractivity (Wildman–Crippen MR) is 104 cm³/mol. The Hall–Kier alpha value is -3.93. The third kappa shape index (κ3) is 3.35. The number of benzene rings is 3. The van der Waals surface area contributed by atoms with E-state index in [9.17, 15) is 9.59 Å². The Morgan fingerprint density at radius 2 is 1.57 bits per heavy atom. The predicted octanol–water partition coefficient (Wildman–Crippen LogP) is 3.45. The molecule has 0 radical (unpaired) electrons. The van der Waals surface area contributed by atoms with E-state index in [1.807, 2.05) is 36.4 Å². The van der Waals surface area contributed by atoms with Crippen molar-refractivity contribution in [3.8, 4) is 11.4 Å². The van der Waals surface area contributed by atoms with Gasteiger partial charge in [0, 0.05) is 16.7 Å². The summed E-state index contributed by atoms with van der Waals surface area (Å²) in [5.74, 6) is -0.756. The maximum absolute atomic E-state index is 12.8. The van der Waals surface area contributed by atoms with Crippen molar-refractivity contribution in [1.82, 2.24) is 9.71 Å². The number of carbonyl (C=O) groups excluding carboxylic acids is 1. The molecule has 1 heterocycles. The summed E-state index contributed by atoms with van der Waals surface area (Å²) in [5.41, 5.74) is 2.96. The van der Waals surface area contributed by atoms with Gasteiger partial charge in [0.2, 0.25) is 6.61 Å². The molecule has 138 valence electrons. The number of ketones is 1. The number of fused-ring (bicyclic) bond motifs is 1. The summed E-state index contributed by atoms with van der Waals surface area (Å²) in [7, 11) is 0. The zero-order chi connectivity index (χ0) is 19.5. The van der Waals surface area contributed by atoms with Gasteiger partial charge in [-0.05, 0) is 18.2 Å². The van der Waals surface area contributed by atoms with E-state index in [0.717, 1.165) is 5.56 Å². The summed E-state index contributed by atoms with van der Waals surface area (Å²) in [4.78, 5) is 33.9. The van der Waals surface area contributed by atoms with Crippen LogP contribution in [0, 0.1) is 0 Å². The minimum atomic E-state index is -1.10. The van der Waals surface area contributed by atoms with Crippen molar-refractivity contribution < 1.29 is 19.5 Å². The summed E-state index contributed by atoms with van der Waals surface area (Å²) in [6, 6.07) is 23.4. The van der Waals surface area contributed by atoms with Crippen LogP contribution in [-0.2, 0) is 4.79 Å². The molecule has 0 unspecified atom stereocenters. The lowest BCUT2D eigenvalue weighted by Gasteiger charge is -2.09. The van der Waals surface area contributed by atoms with Crippen molar-refractivity contribution >= 4 is 22.8 Å². The first-order valence-electron chi connectivity index (χ1n) is 8.66. The Morgan fingerprint density at radius 1 is 0.893 bits per heavy atom. The van der Waals surface area contributed by atoms with Gasteiger partial charge < -0.3 is 9.94 Å². The van der Waals surface area contributed by atoms with Crippen molar-refractivity contribution in [2.75, 3.05) is 6.61 Å². The fourth-order valence-electron chi connectivity index (χ4n) is 2.97. The van der Waals surface area contributed by atoms with E-state index in [-0.39, 0.29) is 5.78 Å². The van der Waals surface area contributed by atoms with Crippen molar-refractivity contribution in [3.05, 3.63) is 90.0 Å². The molecule has 4 aromatic rings. The molecule has 0 aliphatic heterocycles. The number of carboxylic acid groups (broad SMARTS) is 1. The topological polar surface area (TPSA) is 81.4 Å². The lowest BCUT2D eigenvalue weighted by molar-refractivity contribution is -0.142. The van der Waals surface area contributed by atoms with Gasteiger partial charge in [0.1, 0.15) is 5.52 Å². The fraction of sp³-hybridized carbons (Fsp3) is 0.0455. The maximum atomic E-state index is 12.8. The van der Waals surface area contributed by atoms with Crippen LogP contribution in [0.3, 0.4) is 0 Å². The number of carbonyl (C=O) groups is 2. The molecule has 0 saturated carbocycles. The third-order valence-corrected chi connectivity index (χ3v) is 4.26. The minimum absolute atomic E-state index is 0.130. The number of rotatable bonds is 6. The van der Waals surface area contributed by atoms with Crippen LogP contribution < -0.4 is 4.84 Å². The molecular formula is C22H16N2O4. The van der Waals surface area contributed by atoms with E-state index in [2.05, 4.69) is 4.98 Å². The van der Waals surface area contributed by atoms with Crippen LogP contribution in [0.25, 0.3) is 22.4 Å². The number of hydrogen-bond donors (Lipinski definition) is 1. The molecule has 0 saturated heterocycles. The van der Waals surface area contributed by atoms with Crippen molar-refractivity contribution in [2.45, 2.75) is 0 Å². The number of aliphatic carboxylic acids is 1. The molecule has 4 rings (SSSR count). The van der Waals surface area contributed by atoms with Gasteiger partial charge in [0.15, 0.2) is 11.6 Å². The molecule has 0 fully saturated rings. The second-order valence-electron chi connectivity index (χ2n) is 6.16. The van der Waals surface area contributed by atoms with Crippen molar-refractivity contribution in [1.29, 1.82) is 0 Å². The van der Waals surface area contributed by atoms with Crippen molar-refractivity contribution in [3.63, 3.8) is 0 Å². The number of nitrogens with zero attached hydrogens (tertiary/aromatic N) is 2. The van der Waals surface area contributed by atoms with Crippen LogP contribution in [0.1, 0.15) is 15.9 Å². The smallest absolute Gasteiger partial charge is 0.344 e. The standard InChI is InChI=1S/C22H16N2O4/c25-20(26)14-28-24-19-13-17(21(27)15-7-3-1-4-8-15)11-12-18(19)23-22(24)16-9-5-2-6-10-16/h1-13H,14H2,(H,25,26). The summed E-state index contributed by atoms with van der Waals surface area (Å²) in [6.45, 7) is -0.526. The quantitative estimate of drug-likeness (QED) is 0.524. The lowest BCUT2D eigenvalue weighted by Crippen LogP contribution is -2.20. The zero-order valence-electron chi connectivity index (χ0n) is 14.8. The molecule has 3 aromatic carbocycles. The molecule has 6 nitrogen and oxygen atoms in total. The van der Waals surface area contributed by atoms with Crippen LogP contribution in [0.15, 0.2) is 78.9 Å². The normalized spacial score (nSPS) is 10.7. The maximum Gasteiger partial charge on any atom is 0.344 e. The largest absolute Gasteiger partial charge is 0.479 e. The second kappa shape index (κ2) is 7.36. The van der Waals surface area contributed by atoms with Crippen LogP contribution in [0.2, 0.25) is 0 Å². The van der Waals surface area contributed by atoms with Gasteiger partial charge in [0.25, 0.3) is 0 Å². The first-order valence-corrected chi connectivity index (χ1v) is 8.66. The zero-order valence-corrected chi connectivity index (χ0v) is 14.8. The Morgan fingerprint density at radius 3 is 2.25 bits per heavy atom. The molecule has 1 aromatic heterocycles. The molecule has 1 N–H and O–H groups in total. The Balaban J connectivity index is 1.84. The van der Waals surface area contributed by atoms with E-state index in [1.54, 1.807) is 42.5 Å². The molecule has 6 heteroatoms. The van der Waals surface area contributed by atoms with E-state index in [1.165, 1.54) is 4.73 Å². The monoisotopic (exact) mass is 372 g/mol. The Bertz CT molecular complexity index is 1150. The first kappa shape index (κ1) is 17.5. The fourth-order valence-corrected chi connectivity index (χ4v) is 2.97. The highest BCUT2D eigenvalue weighted by Crippen LogP contribution is 2.25. The summed E-state index contributed by atoms with van der Waals surface area (Å²) in [5, 5.41) is 9.02. The number of hydrogen-bond acceptors (Lipinski definition) is 4. The van der Waals surface area contributed by atoms with Crippen LogP contribution in [0.5, 0.6) is 0 Å². The van der Waals surface area contributed by atoms with Gasteiger partial charge >= 0.3 is 5.97 Å². The summed E-state index contributed by atoms with van der Waals surface area (Å²) < 4.78 is 1.38. The highest BCUT2D eigenvalue weighted by Gasteiger charge is 2.17. The van der Waals surface area contributed by atoms with Crippen LogP contribution >= 0.6 is 0 Å². The van der Waals surface area contributed by atoms with E-state index in [0.29, 0.717) is 28.0 Å². The molecule has 0 atom stereocenters. The lowest BCUT2D eigenvalue weighted by atomic mass is 10.0. The summed E-state index contributed by atoms with van der Waals surface area (Å²) >= 11 is 0. The number of carboxylic acids is 1. The number of imidazole rings is 1. The molecule has 0 aliphatic carbocycles.